The van der Waals surface area contributed by atoms with Crippen molar-refractivity contribution in [3.8, 4) is 11.1 Å². The summed E-state index contributed by atoms with van der Waals surface area (Å²) in [6, 6.07) is 17.7. The molecule has 0 spiro atoms. The summed E-state index contributed by atoms with van der Waals surface area (Å²) in [5, 5.41) is 20.3. The van der Waals surface area contributed by atoms with Gasteiger partial charge in [0, 0.05) is 10.9 Å². The van der Waals surface area contributed by atoms with Crippen LogP contribution in [-0.4, -0.2) is 51.2 Å². The molecule has 1 heterocycles. The second kappa shape index (κ2) is 10.8. The Morgan fingerprint density at radius 3 is 2.47 bits per heavy atom. The number of aryl methyl sites for hydroxylation is 1. The lowest BCUT2D eigenvalue weighted by molar-refractivity contribution is -0.124. The fourth-order valence-electron chi connectivity index (χ4n) is 4.38. The Hall–Kier alpha value is -4.57. The first-order valence-corrected chi connectivity index (χ1v) is 11.9. The Bertz CT molecular complexity index is 1520. The molecule has 1 unspecified atom stereocenters. The number of aromatic nitrogens is 2. The number of aliphatic hydroxyl groups is 1. The van der Waals surface area contributed by atoms with Gasteiger partial charge < -0.3 is 26.3 Å². The summed E-state index contributed by atoms with van der Waals surface area (Å²) < 4.78 is 16.8. The Labute approximate surface area is 218 Å². The van der Waals surface area contributed by atoms with Gasteiger partial charge in [-0.1, -0.05) is 54.6 Å². The number of benzene rings is 3. The van der Waals surface area contributed by atoms with Gasteiger partial charge in [-0.05, 0) is 37.1 Å². The molecule has 0 aliphatic rings. The quantitative estimate of drug-likeness (QED) is 0.239. The highest BCUT2D eigenvalue weighted by Crippen LogP contribution is 2.31. The number of halogens is 1. The third-order valence-corrected chi connectivity index (χ3v) is 6.51. The summed E-state index contributed by atoms with van der Waals surface area (Å²) >= 11 is 0. The highest BCUT2D eigenvalue weighted by Gasteiger charge is 2.36. The van der Waals surface area contributed by atoms with Crippen LogP contribution in [0.1, 0.15) is 23.0 Å². The lowest BCUT2D eigenvalue weighted by Gasteiger charge is -2.35. The minimum atomic E-state index is -1.50. The van der Waals surface area contributed by atoms with E-state index in [4.69, 9.17) is 5.73 Å². The number of nitrogens with two attached hydrogens (primary N) is 1. The smallest absolute Gasteiger partial charge is 0.269 e. The van der Waals surface area contributed by atoms with Crippen LogP contribution in [0, 0.1) is 12.7 Å². The largest absolute Gasteiger partial charge is 0.394 e. The van der Waals surface area contributed by atoms with Crippen LogP contribution in [0.25, 0.3) is 22.0 Å². The van der Waals surface area contributed by atoms with E-state index < -0.39 is 35.8 Å². The van der Waals surface area contributed by atoms with Gasteiger partial charge in [-0.3, -0.25) is 14.3 Å². The summed E-state index contributed by atoms with van der Waals surface area (Å²) in [5.41, 5.74) is 6.44. The van der Waals surface area contributed by atoms with Gasteiger partial charge in [0.25, 0.3) is 5.91 Å². The molecule has 4 rings (SSSR count). The fraction of sp³-hybridized carbons (Fsp3) is 0.214. The number of nitrogens with one attached hydrogen (secondary N) is 2. The van der Waals surface area contributed by atoms with E-state index in [-0.39, 0.29) is 17.9 Å². The summed E-state index contributed by atoms with van der Waals surface area (Å²) in [4.78, 5) is 36.9. The van der Waals surface area contributed by atoms with Crippen LogP contribution in [0.2, 0.25) is 0 Å². The third kappa shape index (κ3) is 5.12. The highest BCUT2D eigenvalue weighted by atomic mass is 19.1. The highest BCUT2D eigenvalue weighted by molar-refractivity contribution is 6.04. The predicted octanol–water partition coefficient (Wildman–Crippen LogP) is 2.80. The maximum Gasteiger partial charge on any atom is 0.269 e. The van der Waals surface area contributed by atoms with Crippen molar-refractivity contribution >= 4 is 34.7 Å². The van der Waals surface area contributed by atoms with Crippen molar-refractivity contribution in [3.63, 3.8) is 0 Å². The van der Waals surface area contributed by atoms with E-state index in [1.165, 1.54) is 17.7 Å². The summed E-state index contributed by atoms with van der Waals surface area (Å²) in [7, 11) is 0. The second-order valence-electron chi connectivity index (χ2n) is 9.25. The number of rotatable bonds is 10. The van der Waals surface area contributed by atoms with Crippen LogP contribution in [0.4, 0.5) is 10.1 Å². The zero-order valence-corrected chi connectivity index (χ0v) is 20.9. The van der Waals surface area contributed by atoms with Crippen molar-refractivity contribution in [3.05, 3.63) is 83.8 Å². The normalized spacial score (nSPS) is 13.5. The molecule has 2 amide bonds. The second-order valence-corrected chi connectivity index (χ2v) is 9.25. The molecule has 4 aromatic rings. The molecule has 0 radical (unpaired) electrons. The lowest BCUT2D eigenvalue weighted by Crippen LogP contribution is -2.61. The summed E-state index contributed by atoms with van der Waals surface area (Å²) in [6.45, 7) is 2.40. The number of aldehydes is 1. The number of anilines is 1. The van der Waals surface area contributed by atoms with Crippen LogP contribution in [0.3, 0.4) is 0 Å². The van der Waals surface area contributed by atoms with E-state index in [9.17, 15) is 19.5 Å². The standard InChI is InChI=1S/C28H28FN5O4/c1-17-8-3-4-9-18(17)19-11-7-12-21(25(19)29)31-23(15-35)28(2,16-36)32-24(37)14-34-22-13-6-5-10-20(22)26(33-34)27(30)38/h3-13,15,23,31,36H,14,16H2,1-2H3,(H2,30,38)(H,32,37)/t23?,28-/m0/s1. The first-order valence-electron chi connectivity index (χ1n) is 11.9. The number of aliphatic hydroxyl groups excluding tert-OH is 1. The lowest BCUT2D eigenvalue weighted by atomic mass is 9.93. The fourth-order valence-corrected chi connectivity index (χ4v) is 4.38. The molecule has 3 aromatic carbocycles. The van der Waals surface area contributed by atoms with Crippen molar-refractivity contribution in [2.75, 3.05) is 11.9 Å². The van der Waals surface area contributed by atoms with Gasteiger partial charge in [-0.25, -0.2) is 4.39 Å². The Morgan fingerprint density at radius 2 is 1.79 bits per heavy atom. The number of carbonyl (C=O) groups excluding carboxylic acids is 3. The van der Waals surface area contributed by atoms with Gasteiger partial charge in [0.1, 0.15) is 18.9 Å². The van der Waals surface area contributed by atoms with Crippen LogP contribution in [0.5, 0.6) is 0 Å². The average Bonchev–Trinajstić information content (AvgIpc) is 3.27. The van der Waals surface area contributed by atoms with Crippen molar-refractivity contribution in [1.82, 2.24) is 15.1 Å². The van der Waals surface area contributed by atoms with Crippen molar-refractivity contribution in [2.45, 2.75) is 32.0 Å². The minimum Gasteiger partial charge on any atom is -0.394 e. The number of primary amides is 1. The van der Waals surface area contributed by atoms with E-state index in [1.807, 2.05) is 25.1 Å². The molecule has 0 aliphatic heterocycles. The molecular formula is C28H28FN5O4. The minimum absolute atomic E-state index is 0.0229. The van der Waals surface area contributed by atoms with Crippen molar-refractivity contribution in [2.24, 2.45) is 5.73 Å². The number of hydrogen-bond donors (Lipinski definition) is 4. The SMILES string of the molecule is Cc1ccccc1-c1cccc(NC(C=O)[C@](C)(CO)NC(=O)Cn2nc(C(N)=O)c3ccccc32)c1F. The molecule has 0 saturated carbocycles. The molecule has 2 atom stereocenters. The molecule has 0 aliphatic carbocycles. The topological polar surface area (TPSA) is 139 Å². The molecule has 0 bridgehead atoms. The van der Waals surface area contributed by atoms with Gasteiger partial charge in [-0.15, -0.1) is 0 Å². The van der Waals surface area contributed by atoms with Crippen molar-refractivity contribution in [1.29, 1.82) is 0 Å². The molecule has 10 heteroatoms. The van der Waals surface area contributed by atoms with Gasteiger partial charge >= 0.3 is 0 Å². The molecule has 5 N–H and O–H groups in total. The number of para-hydroxylation sites is 1. The number of nitrogens with zero attached hydrogens (tertiary/aromatic N) is 2. The van der Waals surface area contributed by atoms with E-state index in [0.717, 1.165) is 5.56 Å². The number of carbonyl (C=O) groups is 3. The maximum absolute atomic E-state index is 15.5. The number of amides is 2. The van der Waals surface area contributed by atoms with Gasteiger partial charge in [0.05, 0.1) is 23.3 Å². The zero-order chi connectivity index (χ0) is 27.4. The van der Waals surface area contributed by atoms with Gasteiger partial charge in [0.15, 0.2) is 11.5 Å². The van der Waals surface area contributed by atoms with Gasteiger partial charge in [0.2, 0.25) is 5.91 Å². The molecular weight excluding hydrogens is 489 g/mol. The molecule has 38 heavy (non-hydrogen) atoms. The van der Waals surface area contributed by atoms with Gasteiger partial charge in [-0.2, -0.15) is 5.10 Å². The predicted molar refractivity (Wildman–Crippen MR) is 142 cm³/mol. The van der Waals surface area contributed by atoms with E-state index >= 15 is 4.39 Å². The average molecular weight is 518 g/mol. The maximum atomic E-state index is 15.5. The first-order chi connectivity index (χ1) is 18.2. The summed E-state index contributed by atoms with van der Waals surface area (Å²) in [5.74, 6) is -1.89. The van der Waals surface area contributed by atoms with E-state index in [2.05, 4.69) is 15.7 Å². The Balaban J connectivity index is 1.57. The van der Waals surface area contributed by atoms with E-state index in [0.29, 0.717) is 28.3 Å². The monoisotopic (exact) mass is 517 g/mol. The molecule has 196 valence electrons. The molecule has 1 aromatic heterocycles. The van der Waals surface area contributed by atoms with E-state index in [1.54, 1.807) is 42.5 Å². The number of hydrogen-bond acceptors (Lipinski definition) is 6. The zero-order valence-electron chi connectivity index (χ0n) is 20.9. The third-order valence-electron chi connectivity index (χ3n) is 6.51. The van der Waals surface area contributed by atoms with Crippen LogP contribution in [0.15, 0.2) is 66.7 Å². The van der Waals surface area contributed by atoms with Crippen molar-refractivity contribution < 1.29 is 23.9 Å². The first kappa shape index (κ1) is 26.5. The summed E-state index contributed by atoms with van der Waals surface area (Å²) in [6.07, 6.45) is 0.505. The molecule has 0 fully saturated rings. The Morgan fingerprint density at radius 1 is 1.11 bits per heavy atom. The Kier molecular flexibility index (Phi) is 7.54. The molecule has 9 nitrogen and oxygen atoms in total. The number of fused-ring (bicyclic) bond motifs is 1. The van der Waals surface area contributed by atoms with Crippen LogP contribution >= 0.6 is 0 Å². The van der Waals surface area contributed by atoms with Crippen LogP contribution in [-0.2, 0) is 16.1 Å². The molecule has 0 saturated heterocycles. The van der Waals surface area contributed by atoms with Crippen LogP contribution < -0.4 is 16.4 Å².